The van der Waals surface area contributed by atoms with Crippen molar-refractivity contribution in [3.05, 3.63) is 23.1 Å². The van der Waals surface area contributed by atoms with Gasteiger partial charge < -0.3 is 10.2 Å². The van der Waals surface area contributed by atoms with Crippen molar-refractivity contribution in [2.75, 3.05) is 12.3 Å². The summed E-state index contributed by atoms with van der Waals surface area (Å²) in [6.45, 7) is 5.48. The molecule has 158 valence electrons. The van der Waals surface area contributed by atoms with Crippen molar-refractivity contribution in [1.29, 1.82) is 0 Å². The number of fused-ring (bicyclic) bond motifs is 1. The predicted molar refractivity (Wildman–Crippen MR) is 106 cm³/mol. The van der Waals surface area contributed by atoms with Crippen molar-refractivity contribution < 1.29 is 24.0 Å². The first-order valence-corrected chi connectivity index (χ1v) is 9.45. The number of hydrogen-bond acceptors (Lipinski definition) is 7. The summed E-state index contributed by atoms with van der Waals surface area (Å²) in [5.74, 6) is -2.10. The van der Waals surface area contributed by atoms with Crippen molar-refractivity contribution in [1.82, 2.24) is 20.9 Å². The summed E-state index contributed by atoms with van der Waals surface area (Å²) in [6.07, 6.45) is 3.29. The van der Waals surface area contributed by atoms with E-state index < -0.39 is 17.7 Å². The van der Waals surface area contributed by atoms with E-state index in [0.717, 1.165) is 30.5 Å². The van der Waals surface area contributed by atoms with E-state index in [-0.39, 0.29) is 30.1 Å². The smallest absolute Gasteiger partial charge is 0.307 e. The molecule has 2 rings (SSSR count). The summed E-state index contributed by atoms with van der Waals surface area (Å²) in [7, 11) is 0. The standard InChI is InChI=1S/C19H27N5O5/c1-4-5-6-7-13(9-24(28)10-25)17(26)22-23-18(27)16-15(20)14-11(2)8-12(3)21-19(14)29-16/h8,10,13,28H,4-7,9,20H2,1-3H3,(H,22,26)(H,23,27)/t13-/m1/s1. The van der Waals surface area contributed by atoms with Gasteiger partial charge in [-0.3, -0.25) is 30.4 Å². The number of unbranched alkanes of at least 4 members (excludes halogenated alkanes) is 2. The van der Waals surface area contributed by atoms with Crippen LogP contribution in [0.25, 0.3) is 11.1 Å². The Labute approximate surface area is 168 Å². The van der Waals surface area contributed by atoms with E-state index in [1.807, 2.05) is 19.9 Å². The molecule has 0 unspecified atom stereocenters. The molecule has 2 heterocycles. The highest BCUT2D eigenvalue weighted by Crippen LogP contribution is 2.30. The summed E-state index contributed by atoms with van der Waals surface area (Å²) < 4.78 is 5.48. The fraction of sp³-hybridized carbons (Fsp3) is 0.474. The molecule has 0 aliphatic carbocycles. The fourth-order valence-electron chi connectivity index (χ4n) is 3.13. The molecule has 0 aliphatic rings. The zero-order valence-corrected chi connectivity index (χ0v) is 16.8. The van der Waals surface area contributed by atoms with Crippen LogP contribution in [-0.4, -0.2) is 40.0 Å². The van der Waals surface area contributed by atoms with Gasteiger partial charge in [0.1, 0.15) is 0 Å². The maximum atomic E-state index is 12.5. The Bertz CT molecular complexity index is 895. The van der Waals surface area contributed by atoms with E-state index in [4.69, 9.17) is 10.2 Å². The Balaban J connectivity index is 2.08. The summed E-state index contributed by atoms with van der Waals surface area (Å²) in [5.41, 5.74) is 12.5. The number of hydroxylamine groups is 2. The van der Waals surface area contributed by atoms with Crippen molar-refractivity contribution in [3.63, 3.8) is 0 Å². The van der Waals surface area contributed by atoms with Gasteiger partial charge in [-0.2, -0.15) is 0 Å². The SMILES string of the molecule is CCCCC[C@H](CN(O)C=O)C(=O)NNC(=O)c1oc2nc(C)cc(C)c2c1N. The number of pyridine rings is 1. The molecule has 29 heavy (non-hydrogen) atoms. The summed E-state index contributed by atoms with van der Waals surface area (Å²) in [4.78, 5) is 39.8. The van der Waals surface area contributed by atoms with Gasteiger partial charge in [-0.1, -0.05) is 26.2 Å². The van der Waals surface area contributed by atoms with Gasteiger partial charge in [0.25, 0.3) is 0 Å². The van der Waals surface area contributed by atoms with Crippen LogP contribution in [0.5, 0.6) is 0 Å². The van der Waals surface area contributed by atoms with Crippen molar-refractivity contribution in [2.45, 2.75) is 46.5 Å². The number of nitrogen functional groups attached to an aromatic ring is 1. The van der Waals surface area contributed by atoms with Gasteiger partial charge in [0, 0.05) is 5.69 Å². The maximum Gasteiger partial charge on any atom is 0.307 e. The summed E-state index contributed by atoms with van der Waals surface area (Å²) in [5, 5.41) is 10.4. The second-order valence-electron chi connectivity index (χ2n) is 6.97. The number of aromatic nitrogens is 1. The minimum atomic E-state index is -0.727. The Morgan fingerprint density at radius 3 is 2.72 bits per heavy atom. The van der Waals surface area contributed by atoms with E-state index >= 15 is 0 Å². The zero-order chi connectivity index (χ0) is 21.6. The number of hydrogen-bond donors (Lipinski definition) is 4. The first-order chi connectivity index (χ1) is 13.8. The number of anilines is 1. The lowest BCUT2D eigenvalue weighted by atomic mass is 10.0. The van der Waals surface area contributed by atoms with Gasteiger partial charge >= 0.3 is 5.91 Å². The molecule has 1 atom stereocenters. The number of aryl methyl sites for hydroxylation is 2. The molecule has 0 bridgehead atoms. The highest BCUT2D eigenvalue weighted by Gasteiger charge is 2.24. The molecule has 3 amide bonds. The number of carbonyl (C=O) groups is 3. The van der Waals surface area contributed by atoms with E-state index in [1.165, 1.54) is 0 Å². The lowest BCUT2D eigenvalue weighted by Crippen LogP contribution is -2.46. The second-order valence-corrected chi connectivity index (χ2v) is 6.97. The Morgan fingerprint density at radius 2 is 2.07 bits per heavy atom. The van der Waals surface area contributed by atoms with Crippen LogP contribution >= 0.6 is 0 Å². The summed E-state index contributed by atoms with van der Waals surface area (Å²) in [6, 6.07) is 1.83. The number of nitrogens with zero attached hydrogens (tertiary/aromatic N) is 2. The molecule has 10 heteroatoms. The lowest BCUT2D eigenvalue weighted by molar-refractivity contribution is -0.154. The Kier molecular flexibility index (Phi) is 7.54. The normalized spacial score (nSPS) is 11.9. The average molecular weight is 405 g/mol. The van der Waals surface area contributed by atoms with Gasteiger partial charge in [-0.25, -0.2) is 10.0 Å². The number of hydrazine groups is 1. The number of nitrogens with one attached hydrogen (secondary N) is 2. The van der Waals surface area contributed by atoms with Crippen LogP contribution in [0, 0.1) is 19.8 Å². The monoisotopic (exact) mass is 405 g/mol. The van der Waals surface area contributed by atoms with Crippen LogP contribution < -0.4 is 16.6 Å². The highest BCUT2D eigenvalue weighted by molar-refractivity contribution is 6.06. The van der Waals surface area contributed by atoms with Crippen LogP contribution in [0.1, 0.15) is 54.4 Å². The topological polar surface area (TPSA) is 151 Å². The fourth-order valence-corrected chi connectivity index (χ4v) is 3.13. The third-order valence-electron chi connectivity index (χ3n) is 4.59. The number of furan rings is 1. The highest BCUT2D eigenvalue weighted by atomic mass is 16.5. The van der Waals surface area contributed by atoms with E-state index in [9.17, 15) is 19.6 Å². The number of carbonyl (C=O) groups excluding carboxylic acids is 3. The van der Waals surface area contributed by atoms with E-state index in [2.05, 4.69) is 15.8 Å². The first kappa shape index (κ1) is 22.2. The predicted octanol–water partition coefficient (Wildman–Crippen LogP) is 1.83. The lowest BCUT2D eigenvalue weighted by Gasteiger charge is -2.19. The zero-order valence-electron chi connectivity index (χ0n) is 16.8. The number of nitrogens with two attached hydrogens (primary N) is 1. The summed E-state index contributed by atoms with van der Waals surface area (Å²) >= 11 is 0. The molecule has 5 N–H and O–H groups in total. The average Bonchev–Trinajstić information content (AvgIpc) is 3.01. The molecule has 0 saturated heterocycles. The molecular weight excluding hydrogens is 378 g/mol. The van der Waals surface area contributed by atoms with Gasteiger partial charge in [-0.15, -0.1) is 0 Å². The number of amides is 3. The third kappa shape index (κ3) is 5.44. The van der Waals surface area contributed by atoms with Crippen LogP contribution in [0.3, 0.4) is 0 Å². The Morgan fingerprint density at radius 1 is 1.34 bits per heavy atom. The maximum absolute atomic E-state index is 12.5. The largest absolute Gasteiger partial charge is 0.430 e. The van der Waals surface area contributed by atoms with Gasteiger partial charge in [0.05, 0.1) is 23.5 Å². The molecule has 2 aromatic heterocycles. The first-order valence-electron chi connectivity index (χ1n) is 9.45. The van der Waals surface area contributed by atoms with E-state index in [0.29, 0.717) is 16.9 Å². The minimum Gasteiger partial charge on any atom is -0.430 e. The molecule has 0 aromatic carbocycles. The molecule has 2 aromatic rings. The van der Waals surface area contributed by atoms with Crippen LogP contribution in [0.4, 0.5) is 5.69 Å². The van der Waals surface area contributed by atoms with Crippen molar-refractivity contribution >= 4 is 35.0 Å². The molecule has 0 fully saturated rings. The van der Waals surface area contributed by atoms with Crippen molar-refractivity contribution in [3.8, 4) is 0 Å². The molecule has 0 spiro atoms. The Hall–Kier alpha value is -3.14. The molecule has 10 nitrogen and oxygen atoms in total. The third-order valence-corrected chi connectivity index (χ3v) is 4.59. The quantitative estimate of drug-likeness (QED) is 0.215. The van der Waals surface area contributed by atoms with Crippen molar-refractivity contribution in [2.24, 2.45) is 5.92 Å². The van der Waals surface area contributed by atoms with E-state index in [1.54, 1.807) is 6.92 Å². The van der Waals surface area contributed by atoms with Gasteiger partial charge in [0.2, 0.25) is 23.8 Å². The molecule has 0 aliphatic heterocycles. The molecule has 0 radical (unpaired) electrons. The van der Waals surface area contributed by atoms with Gasteiger partial charge in [-0.05, 0) is 31.9 Å². The minimum absolute atomic E-state index is 0.138. The van der Waals surface area contributed by atoms with Gasteiger partial charge in [0.15, 0.2) is 0 Å². The van der Waals surface area contributed by atoms with Crippen LogP contribution in [0.15, 0.2) is 10.5 Å². The number of rotatable bonds is 9. The molecule has 0 saturated carbocycles. The van der Waals surface area contributed by atoms with Crippen LogP contribution in [-0.2, 0) is 9.59 Å². The second kappa shape index (κ2) is 9.87. The molecular formula is C19H27N5O5. The van der Waals surface area contributed by atoms with Crippen LogP contribution in [0.2, 0.25) is 0 Å².